The number of hydrogen-bond acceptors (Lipinski definition) is 7. The summed E-state index contributed by atoms with van der Waals surface area (Å²) in [7, 11) is 1.37. The Morgan fingerprint density at radius 3 is 2.48 bits per heavy atom. The van der Waals surface area contributed by atoms with Crippen molar-refractivity contribution in [3.63, 3.8) is 0 Å². The molecule has 2 saturated heterocycles. The fourth-order valence-electron chi connectivity index (χ4n) is 4.49. The van der Waals surface area contributed by atoms with Crippen LogP contribution in [0.5, 0.6) is 0 Å². The molecule has 4 rings (SSSR count). The summed E-state index contributed by atoms with van der Waals surface area (Å²) in [5.41, 5.74) is 1.14. The van der Waals surface area contributed by atoms with Gasteiger partial charge in [0.1, 0.15) is 6.04 Å². The van der Waals surface area contributed by atoms with Gasteiger partial charge in [0.2, 0.25) is 5.91 Å². The molecule has 0 N–H and O–H groups in total. The first-order valence-corrected chi connectivity index (χ1v) is 11.3. The highest BCUT2D eigenvalue weighted by Crippen LogP contribution is 2.35. The van der Waals surface area contributed by atoms with Crippen LogP contribution in [0, 0.1) is 0 Å². The topological polar surface area (TPSA) is 108 Å². The van der Waals surface area contributed by atoms with Crippen molar-refractivity contribution in [1.82, 2.24) is 14.7 Å². The molecular formula is C23H28N4O6. The minimum atomic E-state index is -0.984. The Bertz CT molecular complexity index is 1000. The molecule has 10 heteroatoms. The number of fused-ring (bicyclic) bond motifs is 1. The van der Waals surface area contributed by atoms with Gasteiger partial charge in [0.15, 0.2) is 0 Å². The Balaban J connectivity index is 1.50. The number of piperazine rings is 1. The predicted molar refractivity (Wildman–Crippen MR) is 118 cm³/mol. The molecule has 0 aromatic heterocycles. The molecule has 176 valence electrons. The summed E-state index contributed by atoms with van der Waals surface area (Å²) in [6, 6.07) is 4.10. The van der Waals surface area contributed by atoms with Gasteiger partial charge in [-0.3, -0.25) is 29.0 Å². The summed E-state index contributed by atoms with van der Waals surface area (Å²) < 4.78 is 5.28. The molecule has 3 aliphatic rings. The lowest BCUT2D eigenvalue weighted by Crippen LogP contribution is -2.54. The summed E-state index contributed by atoms with van der Waals surface area (Å²) in [6.45, 7) is 4.28. The summed E-state index contributed by atoms with van der Waals surface area (Å²) in [5.74, 6) is -1.90. The van der Waals surface area contributed by atoms with Crippen LogP contribution in [-0.4, -0.2) is 90.3 Å². The molecule has 3 heterocycles. The van der Waals surface area contributed by atoms with Crippen molar-refractivity contribution in [2.75, 3.05) is 44.7 Å². The molecule has 2 fully saturated rings. The average Bonchev–Trinajstić information content (AvgIpc) is 3.08. The standard InChI is InChI=1S/C23H28N4O6/c1-3-4-14-33-23(32)26-12-10-25(11-13-26)16-7-5-6-15-19(16)22(31)27(20(15)29)17-8-9-18(28)24(2)21(17)30/h5-7,17H,3-4,8-14H2,1-2H3. The predicted octanol–water partition coefficient (Wildman–Crippen LogP) is 1.49. The second-order valence-corrected chi connectivity index (χ2v) is 8.47. The van der Waals surface area contributed by atoms with Gasteiger partial charge in [-0.05, 0) is 25.0 Å². The van der Waals surface area contributed by atoms with Crippen LogP contribution in [0.2, 0.25) is 0 Å². The number of carbonyl (C=O) groups is 5. The summed E-state index contributed by atoms with van der Waals surface area (Å²) in [6.07, 6.45) is 1.66. The second-order valence-electron chi connectivity index (χ2n) is 8.47. The van der Waals surface area contributed by atoms with Crippen LogP contribution in [0.25, 0.3) is 0 Å². The Morgan fingerprint density at radius 2 is 1.79 bits per heavy atom. The van der Waals surface area contributed by atoms with E-state index in [-0.39, 0.29) is 36.0 Å². The zero-order valence-electron chi connectivity index (χ0n) is 18.9. The Morgan fingerprint density at radius 1 is 1.06 bits per heavy atom. The van der Waals surface area contributed by atoms with Gasteiger partial charge in [-0.15, -0.1) is 0 Å². The van der Waals surface area contributed by atoms with Gasteiger partial charge in [-0.2, -0.15) is 0 Å². The van der Waals surface area contributed by atoms with E-state index in [1.807, 2.05) is 11.8 Å². The third-order valence-electron chi connectivity index (χ3n) is 6.46. The van der Waals surface area contributed by atoms with Crippen LogP contribution in [0.1, 0.15) is 53.3 Å². The largest absolute Gasteiger partial charge is 0.449 e. The van der Waals surface area contributed by atoms with Gasteiger partial charge in [-0.25, -0.2) is 4.79 Å². The van der Waals surface area contributed by atoms with Crippen LogP contribution in [0.3, 0.4) is 0 Å². The number of rotatable bonds is 5. The number of imide groups is 2. The van der Waals surface area contributed by atoms with Gasteiger partial charge in [0, 0.05) is 39.6 Å². The number of anilines is 1. The van der Waals surface area contributed by atoms with E-state index in [4.69, 9.17) is 4.74 Å². The third-order valence-corrected chi connectivity index (χ3v) is 6.46. The molecule has 5 amide bonds. The second kappa shape index (κ2) is 9.21. The lowest BCUT2D eigenvalue weighted by atomic mass is 10.0. The quantitative estimate of drug-likeness (QED) is 0.488. The highest BCUT2D eigenvalue weighted by molar-refractivity contribution is 6.25. The van der Waals surface area contributed by atoms with Crippen molar-refractivity contribution >= 4 is 35.4 Å². The van der Waals surface area contributed by atoms with Gasteiger partial charge in [0.25, 0.3) is 17.7 Å². The highest BCUT2D eigenvalue weighted by atomic mass is 16.6. The Labute approximate surface area is 192 Å². The van der Waals surface area contributed by atoms with Crippen molar-refractivity contribution in [1.29, 1.82) is 0 Å². The maximum absolute atomic E-state index is 13.4. The molecule has 0 bridgehead atoms. The average molecular weight is 456 g/mol. The van der Waals surface area contributed by atoms with E-state index in [2.05, 4.69) is 0 Å². The number of nitrogens with zero attached hydrogens (tertiary/aromatic N) is 4. The van der Waals surface area contributed by atoms with Crippen molar-refractivity contribution in [2.45, 2.75) is 38.6 Å². The van der Waals surface area contributed by atoms with Gasteiger partial charge >= 0.3 is 6.09 Å². The van der Waals surface area contributed by atoms with Gasteiger partial charge in [0.05, 0.1) is 23.4 Å². The first-order chi connectivity index (χ1) is 15.8. The maximum Gasteiger partial charge on any atom is 0.409 e. The molecule has 3 aliphatic heterocycles. The number of carbonyl (C=O) groups excluding carboxylic acids is 5. The lowest BCUT2D eigenvalue weighted by Gasteiger charge is -2.36. The Hall–Kier alpha value is -3.43. The van der Waals surface area contributed by atoms with E-state index in [1.165, 1.54) is 7.05 Å². The minimum absolute atomic E-state index is 0.101. The SMILES string of the molecule is CCCCOC(=O)N1CCN(c2cccc3c2C(=O)N(C2CCC(=O)N(C)C2=O)C3=O)CC1. The summed E-state index contributed by atoms with van der Waals surface area (Å²) >= 11 is 0. The van der Waals surface area contributed by atoms with E-state index in [0.29, 0.717) is 38.5 Å². The molecule has 1 aromatic carbocycles. The molecule has 10 nitrogen and oxygen atoms in total. The number of ether oxygens (including phenoxy) is 1. The normalized spacial score (nSPS) is 21.1. The van der Waals surface area contributed by atoms with E-state index in [9.17, 15) is 24.0 Å². The monoisotopic (exact) mass is 456 g/mol. The minimum Gasteiger partial charge on any atom is -0.449 e. The number of piperidine rings is 1. The number of amides is 5. The first kappa shape index (κ1) is 22.8. The zero-order valence-corrected chi connectivity index (χ0v) is 18.9. The van der Waals surface area contributed by atoms with Crippen LogP contribution < -0.4 is 4.90 Å². The van der Waals surface area contributed by atoms with Crippen molar-refractivity contribution in [3.05, 3.63) is 29.3 Å². The molecule has 1 atom stereocenters. The van der Waals surface area contributed by atoms with E-state index in [1.54, 1.807) is 23.1 Å². The number of benzene rings is 1. The molecular weight excluding hydrogens is 428 g/mol. The van der Waals surface area contributed by atoms with E-state index >= 15 is 0 Å². The number of unbranched alkanes of at least 4 members (excludes halogenated alkanes) is 1. The van der Waals surface area contributed by atoms with E-state index in [0.717, 1.165) is 22.6 Å². The molecule has 1 unspecified atom stereocenters. The number of likely N-dealkylation sites (tertiary alicyclic amines) is 1. The molecule has 1 aromatic rings. The molecule has 0 spiro atoms. The lowest BCUT2D eigenvalue weighted by molar-refractivity contribution is -0.149. The van der Waals surface area contributed by atoms with Crippen LogP contribution in [-0.2, 0) is 14.3 Å². The third kappa shape index (κ3) is 4.05. The highest BCUT2D eigenvalue weighted by Gasteiger charge is 2.47. The molecule has 0 saturated carbocycles. The van der Waals surface area contributed by atoms with Gasteiger partial charge < -0.3 is 14.5 Å². The van der Waals surface area contributed by atoms with Crippen LogP contribution in [0.15, 0.2) is 18.2 Å². The van der Waals surface area contributed by atoms with Crippen molar-refractivity contribution in [3.8, 4) is 0 Å². The smallest absolute Gasteiger partial charge is 0.409 e. The van der Waals surface area contributed by atoms with Crippen LogP contribution >= 0.6 is 0 Å². The zero-order chi connectivity index (χ0) is 23.7. The maximum atomic E-state index is 13.4. The molecule has 0 radical (unpaired) electrons. The van der Waals surface area contributed by atoms with Crippen LogP contribution in [0.4, 0.5) is 10.5 Å². The molecule has 33 heavy (non-hydrogen) atoms. The van der Waals surface area contributed by atoms with Crippen molar-refractivity contribution < 1.29 is 28.7 Å². The number of hydrogen-bond donors (Lipinski definition) is 0. The fourth-order valence-corrected chi connectivity index (χ4v) is 4.49. The van der Waals surface area contributed by atoms with Gasteiger partial charge in [-0.1, -0.05) is 19.4 Å². The Kier molecular flexibility index (Phi) is 6.35. The summed E-state index contributed by atoms with van der Waals surface area (Å²) in [4.78, 5) is 68.8. The fraction of sp³-hybridized carbons (Fsp3) is 0.522. The van der Waals surface area contributed by atoms with E-state index < -0.39 is 23.8 Å². The van der Waals surface area contributed by atoms with Crippen molar-refractivity contribution in [2.24, 2.45) is 0 Å². The summed E-state index contributed by atoms with van der Waals surface area (Å²) in [5, 5.41) is 0. The number of likely N-dealkylation sites (N-methyl/N-ethyl adjacent to an activating group) is 1. The molecule has 0 aliphatic carbocycles. The first-order valence-electron chi connectivity index (χ1n) is 11.3.